The molecule has 3 rings (SSSR count). The van der Waals surface area contributed by atoms with Crippen LogP contribution in [0.15, 0.2) is 24.3 Å². The lowest BCUT2D eigenvalue weighted by Gasteiger charge is -2.41. The third-order valence-corrected chi connectivity index (χ3v) is 4.71. The number of hydrogen-bond donors (Lipinski definition) is 1. The zero-order valence-corrected chi connectivity index (χ0v) is 12.2. The molecule has 1 saturated carbocycles. The first-order chi connectivity index (χ1) is 9.70. The van der Waals surface area contributed by atoms with E-state index in [-0.39, 0.29) is 24.6 Å². The van der Waals surface area contributed by atoms with Crippen molar-refractivity contribution in [2.45, 2.75) is 44.2 Å². The maximum Gasteiger partial charge on any atom is 0.223 e. The van der Waals surface area contributed by atoms with Gasteiger partial charge in [0.05, 0.1) is 18.7 Å². The van der Waals surface area contributed by atoms with Crippen molar-refractivity contribution in [1.29, 1.82) is 0 Å². The van der Waals surface area contributed by atoms with Crippen LogP contribution in [0.3, 0.4) is 0 Å². The Morgan fingerprint density at radius 3 is 2.55 bits per heavy atom. The number of nitrogens with zero attached hydrogens (tertiary/aromatic N) is 1. The second-order valence-electron chi connectivity index (χ2n) is 5.85. The standard InChI is InChI=1S/C16H20ClNO2/c17-13-8-6-11(7-9-13)14-2-1-3-16(20)18(14)15(10-19)12-4-5-12/h6-9,12,14-15,19H,1-5,10H2/t14-,15?/m0/s1. The maximum atomic E-state index is 12.4. The number of rotatable bonds is 4. The van der Waals surface area contributed by atoms with E-state index < -0.39 is 0 Å². The third-order valence-electron chi connectivity index (χ3n) is 4.46. The van der Waals surface area contributed by atoms with Crippen LogP contribution in [0.1, 0.15) is 43.7 Å². The van der Waals surface area contributed by atoms with Crippen molar-refractivity contribution in [3.8, 4) is 0 Å². The first-order valence-corrected chi connectivity index (χ1v) is 7.76. The molecule has 3 nitrogen and oxygen atoms in total. The van der Waals surface area contributed by atoms with Gasteiger partial charge >= 0.3 is 0 Å². The molecule has 2 atom stereocenters. The largest absolute Gasteiger partial charge is 0.394 e. The van der Waals surface area contributed by atoms with Crippen molar-refractivity contribution in [2.24, 2.45) is 5.92 Å². The van der Waals surface area contributed by atoms with E-state index in [9.17, 15) is 9.90 Å². The van der Waals surface area contributed by atoms with Crippen LogP contribution in [0.25, 0.3) is 0 Å². The molecule has 0 bridgehead atoms. The molecule has 1 aliphatic heterocycles. The van der Waals surface area contributed by atoms with Gasteiger partial charge in [-0.05, 0) is 49.3 Å². The number of hydrogen-bond acceptors (Lipinski definition) is 2. The number of carbonyl (C=O) groups is 1. The number of halogens is 1. The van der Waals surface area contributed by atoms with Crippen LogP contribution in [0, 0.1) is 5.92 Å². The third kappa shape index (κ3) is 2.70. The van der Waals surface area contributed by atoms with E-state index in [2.05, 4.69) is 0 Å². The molecule has 1 unspecified atom stereocenters. The Hall–Kier alpha value is -1.06. The van der Waals surface area contributed by atoms with Gasteiger partial charge in [-0.2, -0.15) is 0 Å². The Morgan fingerprint density at radius 2 is 1.95 bits per heavy atom. The van der Waals surface area contributed by atoms with Gasteiger partial charge in [0.2, 0.25) is 5.91 Å². The predicted octanol–water partition coefficient (Wildman–Crippen LogP) is 3.16. The average Bonchev–Trinajstić information content (AvgIpc) is 3.27. The molecule has 108 valence electrons. The number of benzene rings is 1. The fourth-order valence-corrected chi connectivity index (χ4v) is 3.39. The molecule has 1 aliphatic carbocycles. The molecule has 1 N–H and O–H groups in total. The highest BCUT2D eigenvalue weighted by Gasteiger charge is 2.41. The zero-order chi connectivity index (χ0) is 14.1. The molecule has 2 aliphatic rings. The summed E-state index contributed by atoms with van der Waals surface area (Å²) < 4.78 is 0. The number of piperidine rings is 1. The predicted molar refractivity (Wildman–Crippen MR) is 78.5 cm³/mol. The second kappa shape index (κ2) is 5.74. The van der Waals surface area contributed by atoms with Gasteiger partial charge in [-0.25, -0.2) is 0 Å². The van der Waals surface area contributed by atoms with Crippen LogP contribution in [0.5, 0.6) is 0 Å². The molecule has 1 amide bonds. The lowest BCUT2D eigenvalue weighted by Crippen LogP contribution is -2.48. The highest BCUT2D eigenvalue weighted by atomic mass is 35.5. The summed E-state index contributed by atoms with van der Waals surface area (Å²) in [6.07, 6.45) is 4.75. The van der Waals surface area contributed by atoms with Gasteiger partial charge in [-0.1, -0.05) is 23.7 Å². The van der Waals surface area contributed by atoms with Gasteiger partial charge in [-0.15, -0.1) is 0 Å². The van der Waals surface area contributed by atoms with E-state index in [1.54, 1.807) is 0 Å². The summed E-state index contributed by atoms with van der Waals surface area (Å²) in [6, 6.07) is 7.83. The summed E-state index contributed by atoms with van der Waals surface area (Å²) in [5, 5.41) is 10.4. The van der Waals surface area contributed by atoms with Gasteiger partial charge in [0.25, 0.3) is 0 Å². The van der Waals surface area contributed by atoms with Crippen molar-refractivity contribution in [2.75, 3.05) is 6.61 Å². The second-order valence-corrected chi connectivity index (χ2v) is 6.28. The Labute approximate surface area is 124 Å². The Balaban J connectivity index is 1.89. The minimum atomic E-state index is -0.0107. The highest BCUT2D eigenvalue weighted by Crippen LogP contribution is 2.41. The summed E-state index contributed by atoms with van der Waals surface area (Å²) in [5.41, 5.74) is 1.13. The molecule has 2 fully saturated rings. The van der Waals surface area contributed by atoms with Crippen LogP contribution >= 0.6 is 11.6 Å². The van der Waals surface area contributed by atoms with Crippen molar-refractivity contribution < 1.29 is 9.90 Å². The van der Waals surface area contributed by atoms with E-state index in [4.69, 9.17) is 11.6 Å². The first kappa shape index (κ1) is 13.9. The molecule has 1 aromatic rings. The monoisotopic (exact) mass is 293 g/mol. The molecule has 4 heteroatoms. The average molecular weight is 294 g/mol. The quantitative estimate of drug-likeness (QED) is 0.926. The molecule has 0 spiro atoms. The smallest absolute Gasteiger partial charge is 0.223 e. The Morgan fingerprint density at radius 1 is 1.25 bits per heavy atom. The van der Waals surface area contributed by atoms with Crippen LogP contribution in [0.2, 0.25) is 5.02 Å². The van der Waals surface area contributed by atoms with Crippen LogP contribution in [-0.4, -0.2) is 28.6 Å². The van der Waals surface area contributed by atoms with Gasteiger partial charge in [0.1, 0.15) is 0 Å². The SMILES string of the molecule is O=C1CCC[C@@H](c2ccc(Cl)cc2)N1C(CO)C1CC1. The molecular formula is C16H20ClNO2. The van der Waals surface area contributed by atoms with Crippen molar-refractivity contribution in [3.63, 3.8) is 0 Å². The van der Waals surface area contributed by atoms with E-state index in [1.165, 1.54) is 0 Å². The number of likely N-dealkylation sites (tertiary alicyclic amines) is 1. The van der Waals surface area contributed by atoms with Crippen LogP contribution in [-0.2, 0) is 4.79 Å². The topological polar surface area (TPSA) is 40.5 Å². The van der Waals surface area contributed by atoms with E-state index in [0.717, 1.165) is 31.2 Å². The molecule has 1 aromatic carbocycles. The molecular weight excluding hydrogens is 274 g/mol. The van der Waals surface area contributed by atoms with E-state index >= 15 is 0 Å². The van der Waals surface area contributed by atoms with E-state index in [0.29, 0.717) is 17.4 Å². The maximum absolute atomic E-state index is 12.4. The number of amides is 1. The summed E-state index contributed by atoms with van der Waals surface area (Å²) in [7, 11) is 0. The zero-order valence-electron chi connectivity index (χ0n) is 11.5. The minimum Gasteiger partial charge on any atom is -0.394 e. The summed E-state index contributed by atoms with van der Waals surface area (Å²) in [4.78, 5) is 14.3. The lowest BCUT2D eigenvalue weighted by atomic mass is 9.92. The van der Waals surface area contributed by atoms with Crippen LogP contribution in [0.4, 0.5) is 0 Å². The number of aliphatic hydroxyl groups excluding tert-OH is 1. The summed E-state index contributed by atoms with van der Waals surface area (Å²) >= 11 is 5.95. The van der Waals surface area contributed by atoms with Crippen LogP contribution < -0.4 is 0 Å². The number of aliphatic hydroxyl groups is 1. The Kier molecular flexibility index (Phi) is 3.99. The molecule has 20 heavy (non-hydrogen) atoms. The van der Waals surface area contributed by atoms with Crippen molar-refractivity contribution >= 4 is 17.5 Å². The van der Waals surface area contributed by atoms with Crippen molar-refractivity contribution in [3.05, 3.63) is 34.9 Å². The molecule has 0 radical (unpaired) electrons. The number of carbonyl (C=O) groups excluding carboxylic acids is 1. The van der Waals surface area contributed by atoms with Gasteiger partial charge < -0.3 is 10.0 Å². The summed E-state index contributed by atoms with van der Waals surface area (Å²) in [5.74, 6) is 0.666. The molecule has 1 heterocycles. The fourth-order valence-electron chi connectivity index (χ4n) is 3.26. The molecule has 0 aromatic heterocycles. The minimum absolute atomic E-state index is 0.0107. The first-order valence-electron chi connectivity index (χ1n) is 7.38. The van der Waals surface area contributed by atoms with Gasteiger partial charge in [0, 0.05) is 11.4 Å². The van der Waals surface area contributed by atoms with Gasteiger partial charge in [-0.3, -0.25) is 4.79 Å². The van der Waals surface area contributed by atoms with Crippen molar-refractivity contribution in [1.82, 2.24) is 4.90 Å². The molecule has 1 saturated heterocycles. The highest BCUT2D eigenvalue weighted by molar-refractivity contribution is 6.30. The lowest BCUT2D eigenvalue weighted by molar-refractivity contribution is -0.141. The van der Waals surface area contributed by atoms with Gasteiger partial charge in [0.15, 0.2) is 0 Å². The summed E-state index contributed by atoms with van der Waals surface area (Å²) in [6.45, 7) is 0.0699. The van der Waals surface area contributed by atoms with E-state index in [1.807, 2.05) is 29.2 Å². The fraction of sp³-hybridized carbons (Fsp3) is 0.562. The Bertz CT molecular complexity index is 484. The normalized spacial score (nSPS) is 24.8.